The minimum absolute atomic E-state index is 0. The van der Waals surface area contributed by atoms with Gasteiger partial charge in [0.2, 0.25) is 0 Å². The third kappa shape index (κ3) is 19.1. The van der Waals surface area contributed by atoms with Crippen LogP contribution in [0.25, 0.3) is 0 Å². The van der Waals surface area contributed by atoms with Crippen molar-refractivity contribution in [3.8, 4) is 0 Å². The molecule has 1 N–H and O–H groups in total. The molecule has 4 nitrogen and oxygen atoms in total. The topological polar surface area (TPSA) is 63.6 Å². The first-order valence-corrected chi connectivity index (χ1v) is 8.04. The van der Waals surface area contributed by atoms with Crippen LogP contribution in [0.2, 0.25) is 0 Å². The van der Waals surface area contributed by atoms with E-state index in [1.807, 2.05) is 0 Å². The second kappa shape index (κ2) is 14.2. The van der Waals surface area contributed by atoms with Crippen LogP contribution >= 0.6 is 0 Å². The van der Waals surface area contributed by atoms with Gasteiger partial charge in [-0.3, -0.25) is 4.55 Å². The molecular formula is C12H26O4SSc. The molecule has 0 aliphatic rings. The molecule has 0 rings (SSSR count). The number of rotatable bonds is 12. The average molecular weight is 311 g/mol. The summed E-state index contributed by atoms with van der Waals surface area (Å²) in [6.07, 6.45) is 11.9. The Morgan fingerprint density at radius 2 is 1.22 bits per heavy atom. The second-order valence-corrected chi connectivity index (χ2v) is 5.52. The molecule has 0 aliphatic heterocycles. The third-order valence-electron chi connectivity index (χ3n) is 2.73. The summed E-state index contributed by atoms with van der Waals surface area (Å²) in [6.45, 7) is 2.31. The SMILES string of the molecule is CCCCCCCCCCCCOS(=O)(=O)O.[Sc]. The molecule has 0 aliphatic carbocycles. The van der Waals surface area contributed by atoms with Crippen LogP contribution < -0.4 is 0 Å². The van der Waals surface area contributed by atoms with Crippen molar-refractivity contribution in [3.05, 3.63) is 0 Å². The molecule has 0 fully saturated rings. The van der Waals surface area contributed by atoms with E-state index in [1.54, 1.807) is 0 Å². The van der Waals surface area contributed by atoms with Crippen LogP contribution in [0.15, 0.2) is 0 Å². The Hall–Kier alpha value is 0.740. The maximum Gasteiger partial charge on any atom is 0.397 e. The summed E-state index contributed by atoms with van der Waals surface area (Å²) in [4.78, 5) is 0. The smallest absolute Gasteiger partial charge is 0.264 e. The van der Waals surface area contributed by atoms with E-state index in [4.69, 9.17) is 4.55 Å². The predicted octanol–water partition coefficient (Wildman–Crippen LogP) is 3.72. The molecule has 18 heavy (non-hydrogen) atoms. The fourth-order valence-electron chi connectivity index (χ4n) is 1.75. The molecule has 1 radical (unpaired) electrons. The summed E-state index contributed by atoms with van der Waals surface area (Å²) < 4.78 is 33.0. The van der Waals surface area contributed by atoms with Gasteiger partial charge in [-0.1, -0.05) is 64.7 Å². The standard InChI is InChI=1S/C12H26O4S.Sc/c1-2-3-4-5-6-7-8-9-10-11-12-16-17(13,14)15;/h2-12H2,1H3,(H,13,14,15);. The van der Waals surface area contributed by atoms with Gasteiger partial charge in [0.05, 0.1) is 6.61 Å². The van der Waals surface area contributed by atoms with Crippen molar-refractivity contribution in [3.63, 3.8) is 0 Å². The van der Waals surface area contributed by atoms with Crippen molar-refractivity contribution < 1.29 is 43.0 Å². The van der Waals surface area contributed by atoms with Crippen LogP contribution in [-0.4, -0.2) is 19.6 Å². The minimum Gasteiger partial charge on any atom is -0.264 e. The molecule has 0 aromatic carbocycles. The van der Waals surface area contributed by atoms with E-state index >= 15 is 0 Å². The normalized spacial score (nSPS) is 11.2. The van der Waals surface area contributed by atoms with Crippen molar-refractivity contribution in [2.45, 2.75) is 71.1 Å². The van der Waals surface area contributed by atoms with Crippen molar-refractivity contribution in [2.75, 3.05) is 6.61 Å². The molecule has 0 amide bonds. The number of hydrogen-bond donors (Lipinski definition) is 1. The van der Waals surface area contributed by atoms with Crippen molar-refractivity contribution in [1.82, 2.24) is 0 Å². The van der Waals surface area contributed by atoms with Gasteiger partial charge in [-0.15, -0.1) is 0 Å². The number of hydrogen-bond acceptors (Lipinski definition) is 3. The Balaban J connectivity index is 0. The zero-order valence-corrected chi connectivity index (χ0v) is 14.1. The fourth-order valence-corrected chi connectivity index (χ4v) is 2.08. The molecule has 0 heterocycles. The molecular weight excluding hydrogens is 285 g/mol. The van der Waals surface area contributed by atoms with E-state index in [-0.39, 0.29) is 32.5 Å². The van der Waals surface area contributed by atoms with Gasteiger partial charge in [-0.25, -0.2) is 4.18 Å². The van der Waals surface area contributed by atoms with Gasteiger partial charge in [-0.2, -0.15) is 8.42 Å². The van der Waals surface area contributed by atoms with Gasteiger partial charge in [0.25, 0.3) is 0 Å². The summed E-state index contributed by atoms with van der Waals surface area (Å²) in [5, 5.41) is 0. The van der Waals surface area contributed by atoms with Crippen LogP contribution in [0.1, 0.15) is 71.1 Å². The van der Waals surface area contributed by atoms with E-state index in [0.717, 1.165) is 12.8 Å². The largest absolute Gasteiger partial charge is 0.397 e. The van der Waals surface area contributed by atoms with Crippen molar-refractivity contribution in [1.29, 1.82) is 0 Å². The zero-order valence-electron chi connectivity index (χ0n) is 11.4. The molecule has 6 heteroatoms. The van der Waals surface area contributed by atoms with Gasteiger partial charge in [0.15, 0.2) is 0 Å². The Kier molecular flexibility index (Phi) is 16.6. The fraction of sp³-hybridized carbons (Fsp3) is 1.00. The zero-order chi connectivity index (χ0) is 13.0. The van der Waals surface area contributed by atoms with E-state index in [9.17, 15) is 8.42 Å². The van der Waals surface area contributed by atoms with Gasteiger partial charge in [0, 0.05) is 25.8 Å². The van der Waals surface area contributed by atoms with Crippen LogP contribution in [0.5, 0.6) is 0 Å². The number of unbranched alkanes of at least 4 members (excludes halogenated alkanes) is 9. The Morgan fingerprint density at radius 1 is 0.833 bits per heavy atom. The van der Waals surface area contributed by atoms with Crippen LogP contribution in [-0.2, 0) is 40.4 Å². The van der Waals surface area contributed by atoms with Gasteiger partial charge in [-0.05, 0) is 6.42 Å². The van der Waals surface area contributed by atoms with E-state index in [2.05, 4.69) is 11.1 Å². The average Bonchev–Trinajstić information content (AvgIpc) is 2.24. The summed E-state index contributed by atoms with van der Waals surface area (Å²) in [5.41, 5.74) is 0. The van der Waals surface area contributed by atoms with E-state index < -0.39 is 10.4 Å². The summed E-state index contributed by atoms with van der Waals surface area (Å²) in [6, 6.07) is 0. The summed E-state index contributed by atoms with van der Waals surface area (Å²) >= 11 is 0. The first-order chi connectivity index (χ1) is 8.06. The Bertz CT molecular complexity index is 255. The van der Waals surface area contributed by atoms with Gasteiger partial charge >= 0.3 is 10.4 Å². The van der Waals surface area contributed by atoms with E-state index in [0.29, 0.717) is 6.42 Å². The first kappa shape index (κ1) is 21.0. The summed E-state index contributed by atoms with van der Waals surface area (Å²) in [7, 11) is -4.23. The molecule has 0 spiro atoms. The molecule has 0 unspecified atom stereocenters. The van der Waals surface area contributed by atoms with E-state index in [1.165, 1.54) is 44.9 Å². The summed E-state index contributed by atoms with van der Waals surface area (Å²) in [5.74, 6) is 0. The van der Waals surface area contributed by atoms with Crippen LogP contribution in [0.4, 0.5) is 0 Å². The predicted molar refractivity (Wildman–Crippen MR) is 69.3 cm³/mol. The van der Waals surface area contributed by atoms with Crippen molar-refractivity contribution >= 4 is 10.4 Å². The van der Waals surface area contributed by atoms with Gasteiger partial charge in [0.1, 0.15) is 0 Å². The molecule has 0 saturated heterocycles. The molecule has 107 valence electrons. The Labute approximate surface area is 131 Å². The van der Waals surface area contributed by atoms with Crippen molar-refractivity contribution in [2.24, 2.45) is 0 Å². The second-order valence-electron chi connectivity index (χ2n) is 4.43. The Morgan fingerprint density at radius 3 is 1.61 bits per heavy atom. The molecule has 0 bridgehead atoms. The van der Waals surface area contributed by atoms with Crippen LogP contribution in [0.3, 0.4) is 0 Å². The molecule has 0 aromatic heterocycles. The van der Waals surface area contributed by atoms with Crippen LogP contribution in [0, 0.1) is 0 Å². The quantitative estimate of drug-likeness (QED) is 0.441. The molecule has 0 atom stereocenters. The maximum absolute atomic E-state index is 10.2. The van der Waals surface area contributed by atoms with Gasteiger partial charge < -0.3 is 0 Å². The molecule has 0 saturated carbocycles. The minimum atomic E-state index is -4.23. The maximum atomic E-state index is 10.2. The molecule has 0 aromatic rings. The first-order valence-electron chi connectivity index (χ1n) is 6.68. The monoisotopic (exact) mass is 311 g/mol. The third-order valence-corrected chi connectivity index (χ3v) is 3.19.